The van der Waals surface area contributed by atoms with E-state index in [9.17, 15) is 9.59 Å². The van der Waals surface area contributed by atoms with Gasteiger partial charge in [-0.1, -0.05) is 19.3 Å². The number of hydrogen-bond acceptors (Lipinski definition) is 4. The van der Waals surface area contributed by atoms with E-state index in [1.165, 1.54) is 19.3 Å². The zero-order valence-corrected chi connectivity index (χ0v) is 16.8. The Bertz CT molecular complexity index is 638. The number of carbonyl (C=O) groups excluding carboxylic acids is 2. The molecule has 0 aromatic carbocycles. The van der Waals surface area contributed by atoms with Gasteiger partial charge in [0.15, 0.2) is 5.76 Å². The number of nitrogens with zero attached hydrogens (tertiary/aromatic N) is 2. The van der Waals surface area contributed by atoms with Crippen molar-refractivity contribution in [2.24, 2.45) is 5.92 Å². The first-order valence-electron chi connectivity index (χ1n) is 11.1. The summed E-state index contributed by atoms with van der Waals surface area (Å²) < 4.78 is 5.24. The lowest BCUT2D eigenvalue weighted by atomic mass is 9.91. The van der Waals surface area contributed by atoms with Crippen molar-refractivity contribution in [1.29, 1.82) is 0 Å². The Labute approximate surface area is 167 Å². The maximum absolute atomic E-state index is 12.6. The molecule has 3 heterocycles. The normalized spacial score (nSPS) is 23.6. The van der Waals surface area contributed by atoms with Crippen molar-refractivity contribution in [3.63, 3.8) is 0 Å². The van der Waals surface area contributed by atoms with Crippen molar-refractivity contribution in [2.45, 2.75) is 69.9 Å². The van der Waals surface area contributed by atoms with E-state index in [1.807, 2.05) is 4.90 Å². The van der Waals surface area contributed by atoms with Crippen LogP contribution in [-0.4, -0.2) is 59.9 Å². The Morgan fingerprint density at radius 2 is 1.64 bits per heavy atom. The Morgan fingerprint density at radius 1 is 0.929 bits per heavy atom. The lowest BCUT2D eigenvalue weighted by Gasteiger charge is -2.41. The number of carbonyl (C=O) groups is 2. The first kappa shape index (κ1) is 19.5. The number of furan rings is 1. The lowest BCUT2D eigenvalue weighted by molar-refractivity contribution is -0.127. The largest absolute Gasteiger partial charge is 0.459 e. The van der Waals surface area contributed by atoms with E-state index < -0.39 is 0 Å². The highest BCUT2D eigenvalue weighted by molar-refractivity contribution is 5.91. The van der Waals surface area contributed by atoms with E-state index in [1.54, 1.807) is 18.4 Å². The third-order valence-corrected chi connectivity index (χ3v) is 6.85. The predicted molar refractivity (Wildman–Crippen MR) is 107 cm³/mol. The Hall–Kier alpha value is -1.82. The highest BCUT2D eigenvalue weighted by Gasteiger charge is 2.32. The van der Waals surface area contributed by atoms with Crippen LogP contribution >= 0.6 is 0 Å². The van der Waals surface area contributed by atoms with Gasteiger partial charge in [-0.3, -0.25) is 9.59 Å². The van der Waals surface area contributed by atoms with Crippen LogP contribution in [0.4, 0.5) is 0 Å². The van der Waals surface area contributed by atoms with Gasteiger partial charge in [-0.25, -0.2) is 0 Å². The summed E-state index contributed by atoms with van der Waals surface area (Å²) in [5.74, 6) is 0.897. The molecule has 3 fully saturated rings. The van der Waals surface area contributed by atoms with Gasteiger partial charge in [0.05, 0.1) is 6.26 Å². The fraction of sp³-hybridized carbons (Fsp3) is 0.727. The fourth-order valence-corrected chi connectivity index (χ4v) is 5.08. The van der Waals surface area contributed by atoms with Gasteiger partial charge in [0.25, 0.3) is 5.91 Å². The molecular weight excluding hydrogens is 354 g/mol. The SMILES string of the molecule is O=C(NC1CCCCC1)C1CCN(C2CCN(C(=O)c3ccco3)CC2)CC1. The number of nitrogens with one attached hydrogen (secondary N) is 1. The highest BCUT2D eigenvalue weighted by atomic mass is 16.3. The van der Waals surface area contributed by atoms with Crippen LogP contribution in [0.15, 0.2) is 22.8 Å². The first-order chi connectivity index (χ1) is 13.7. The molecule has 2 saturated heterocycles. The van der Waals surface area contributed by atoms with Crippen molar-refractivity contribution < 1.29 is 14.0 Å². The van der Waals surface area contributed by atoms with Gasteiger partial charge >= 0.3 is 0 Å². The molecule has 0 unspecified atom stereocenters. The molecular formula is C22H33N3O3. The standard InChI is InChI=1S/C22H33N3O3/c26-21(23-18-5-2-1-3-6-18)17-8-12-24(13-9-17)19-10-14-25(15-11-19)22(27)20-7-4-16-28-20/h4,7,16-19H,1-3,5-6,8-15H2,(H,23,26). The summed E-state index contributed by atoms with van der Waals surface area (Å²) in [5.41, 5.74) is 0. The van der Waals surface area contributed by atoms with Crippen molar-refractivity contribution >= 4 is 11.8 Å². The van der Waals surface area contributed by atoms with Gasteiger partial charge in [0, 0.05) is 31.1 Å². The van der Waals surface area contributed by atoms with Gasteiger partial charge in [-0.2, -0.15) is 0 Å². The molecule has 1 N–H and O–H groups in total. The van der Waals surface area contributed by atoms with Crippen LogP contribution in [0, 0.1) is 5.92 Å². The molecule has 154 valence electrons. The summed E-state index contributed by atoms with van der Waals surface area (Å²) in [7, 11) is 0. The molecule has 6 nitrogen and oxygen atoms in total. The van der Waals surface area contributed by atoms with Crippen LogP contribution in [-0.2, 0) is 4.79 Å². The average Bonchev–Trinajstić information content (AvgIpc) is 3.29. The minimum Gasteiger partial charge on any atom is -0.459 e. The summed E-state index contributed by atoms with van der Waals surface area (Å²) in [6.45, 7) is 3.57. The zero-order valence-electron chi connectivity index (χ0n) is 16.8. The molecule has 1 aliphatic carbocycles. The molecule has 1 saturated carbocycles. The second-order valence-corrected chi connectivity index (χ2v) is 8.65. The summed E-state index contributed by atoms with van der Waals surface area (Å²) >= 11 is 0. The van der Waals surface area contributed by atoms with E-state index in [0.717, 1.165) is 64.7 Å². The van der Waals surface area contributed by atoms with Gasteiger partial charge in [0.1, 0.15) is 0 Å². The van der Waals surface area contributed by atoms with Crippen LogP contribution in [0.5, 0.6) is 0 Å². The van der Waals surface area contributed by atoms with Crippen LogP contribution in [0.1, 0.15) is 68.3 Å². The quantitative estimate of drug-likeness (QED) is 0.862. The molecule has 1 aromatic heterocycles. The molecule has 28 heavy (non-hydrogen) atoms. The molecule has 2 amide bonds. The number of piperidine rings is 2. The predicted octanol–water partition coefficient (Wildman–Crippen LogP) is 3.05. The first-order valence-corrected chi connectivity index (χ1v) is 11.1. The van der Waals surface area contributed by atoms with E-state index in [-0.39, 0.29) is 17.7 Å². The summed E-state index contributed by atoms with van der Waals surface area (Å²) in [6, 6.07) is 4.44. The van der Waals surface area contributed by atoms with Crippen molar-refractivity contribution in [1.82, 2.24) is 15.1 Å². The maximum atomic E-state index is 12.6. The molecule has 0 spiro atoms. The minimum atomic E-state index is 0.00143. The van der Waals surface area contributed by atoms with Gasteiger partial charge < -0.3 is 19.5 Å². The molecule has 1 aromatic rings. The van der Waals surface area contributed by atoms with Crippen LogP contribution in [0.3, 0.4) is 0 Å². The lowest BCUT2D eigenvalue weighted by Crippen LogP contribution is -2.50. The summed E-state index contributed by atoms with van der Waals surface area (Å²) in [4.78, 5) is 29.4. The number of likely N-dealkylation sites (tertiary alicyclic amines) is 2. The van der Waals surface area contributed by atoms with Crippen molar-refractivity contribution in [2.75, 3.05) is 26.2 Å². The number of amides is 2. The molecule has 0 radical (unpaired) electrons. The molecule has 3 aliphatic rings. The molecule has 0 bridgehead atoms. The fourth-order valence-electron chi connectivity index (χ4n) is 5.08. The third kappa shape index (κ3) is 4.59. The topological polar surface area (TPSA) is 65.8 Å². The van der Waals surface area contributed by atoms with Gasteiger partial charge in [0.2, 0.25) is 5.91 Å². The molecule has 4 rings (SSSR count). The average molecular weight is 388 g/mol. The monoisotopic (exact) mass is 387 g/mol. The van der Waals surface area contributed by atoms with Crippen molar-refractivity contribution in [3.05, 3.63) is 24.2 Å². The van der Waals surface area contributed by atoms with Gasteiger partial charge in [-0.05, 0) is 63.7 Å². The Kier molecular flexibility index (Phi) is 6.35. The molecule has 0 atom stereocenters. The number of hydrogen-bond donors (Lipinski definition) is 1. The van der Waals surface area contributed by atoms with Crippen LogP contribution < -0.4 is 5.32 Å². The number of rotatable bonds is 4. The maximum Gasteiger partial charge on any atom is 0.289 e. The summed E-state index contributed by atoms with van der Waals surface area (Å²) in [5, 5.41) is 3.30. The van der Waals surface area contributed by atoms with Crippen LogP contribution in [0.25, 0.3) is 0 Å². The van der Waals surface area contributed by atoms with E-state index in [0.29, 0.717) is 17.8 Å². The second kappa shape index (κ2) is 9.12. The van der Waals surface area contributed by atoms with Crippen LogP contribution in [0.2, 0.25) is 0 Å². The Balaban J connectivity index is 1.19. The minimum absolute atomic E-state index is 0.00143. The smallest absolute Gasteiger partial charge is 0.289 e. The van der Waals surface area contributed by atoms with Gasteiger partial charge in [-0.15, -0.1) is 0 Å². The van der Waals surface area contributed by atoms with E-state index in [2.05, 4.69) is 10.2 Å². The van der Waals surface area contributed by atoms with E-state index in [4.69, 9.17) is 4.42 Å². The van der Waals surface area contributed by atoms with Crippen molar-refractivity contribution in [3.8, 4) is 0 Å². The Morgan fingerprint density at radius 3 is 2.29 bits per heavy atom. The van der Waals surface area contributed by atoms with E-state index >= 15 is 0 Å². The molecule has 2 aliphatic heterocycles. The molecule has 6 heteroatoms. The summed E-state index contributed by atoms with van der Waals surface area (Å²) in [6.07, 6.45) is 11.6. The highest BCUT2D eigenvalue weighted by Crippen LogP contribution is 2.26. The second-order valence-electron chi connectivity index (χ2n) is 8.65. The third-order valence-electron chi connectivity index (χ3n) is 6.85. The zero-order chi connectivity index (χ0) is 19.3.